The summed E-state index contributed by atoms with van der Waals surface area (Å²) < 4.78 is 13.6. The van der Waals surface area contributed by atoms with Crippen molar-refractivity contribution in [3.63, 3.8) is 0 Å². The van der Waals surface area contributed by atoms with Gasteiger partial charge in [0.05, 0.1) is 18.0 Å². The van der Waals surface area contributed by atoms with E-state index in [1.54, 1.807) is 23.9 Å². The van der Waals surface area contributed by atoms with Gasteiger partial charge in [-0.05, 0) is 6.07 Å². The Bertz CT molecular complexity index is 689. The van der Waals surface area contributed by atoms with Crippen molar-refractivity contribution in [2.45, 2.75) is 0 Å². The van der Waals surface area contributed by atoms with Crippen molar-refractivity contribution in [3.8, 4) is 0 Å². The van der Waals surface area contributed by atoms with Crippen molar-refractivity contribution in [1.29, 1.82) is 0 Å². The molecule has 2 aromatic rings. The first kappa shape index (κ1) is 15.6. The topological polar surface area (TPSA) is 74.2 Å². The van der Waals surface area contributed by atoms with E-state index in [1.807, 2.05) is 14.1 Å². The Morgan fingerprint density at radius 2 is 1.91 bits per heavy atom. The summed E-state index contributed by atoms with van der Waals surface area (Å²) in [6.07, 6.45) is 3.85. The molecule has 0 aromatic carbocycles. The Balaban J connectivity index is 2.33. The van der Waals surface area contributed by atoms with Crippen LogP contribution in [0.3, 0.4) is 0 Å². The van der Waals surface area contributed by atoms with E-state index in [9.17, 15) is 9.18 Å². The lowest BCUT2D eigenvalue weighted by molar-refractivity contribution is 0.102. The highest BCUT2D eigenvalue weighted by Gasteiger charge is 2.16. The lowest BCUT2D eigenvalue weighted by Crippen LogP contribution is -2.21. The normalized spacial score (nSPS) is 10.2. The number of anilines is 3. The number of aromatic nitrogens is 3. The van der Waals surface area contributed by atoms with Gasteiger partial charge in [-0.25, -0.2) is 9.37 Å². The van der Waals surface area contributed by atoms with Gasteiger partial charge in [-0.3, -0.25) is 9.78 Å². The van der Waals surface area contributed by atoms with Gasteiger partial charge in [-0.1, -0.05) is 0 Å². The summed E-state index contributed by atoms with van der Waals surface area (Å²) in [6.45, 7) is 0. The number of pyridine rings is 1. The van der Waals surface area contributed by atoms with E-state index in [2.05, 4.69) is 20.3 Å². The Morgan fingerprint density at radius 3 is 2.50 bits per heavy atom. The molecule has 7 nitrogen and oxygen atoms in total. The minimum Gasteiger partial charge on any atom is -0.361 e. The van der Waals surface area contributed by atoms with Crippen LogP contribution in [0, 0.1) is 5.82 Å². The first-order valence-corrected chi connectivity index (χ1v) is 6.52. The van der Waals surface area contributed by atoms with Gasteiger partial charge in [-0.15, -0.1) is 0 Å². The van der Waals surface area contributed by atoms with Crippen LogP contribution in [0.5, 0.6) is 0 Å². The zero-order valence-electron chi connectivity index (χ0n) is 12.8. The molecule has 1 amide bonds. The minimum absolute atomic E-state index is 0.0867. The molecule has 0 saturated heterocycles. The van der Waals surface area contributed by atoms with E-state index in [0.29, 0.717) is 17.5 Å². The molecular weight excluding hydrogens is 287 g/mol. The van der Waals surface area contributed by atoms with Crippen molar-refractivity contribution >= 4 is 23.4 Å². The summed E-state index contributed by atoms with van der Waals surface area (Å²) in [4.78, 5) is 27.8. The van der Waals surface area contributed by atoms with Crippen LogP contribution in [0.1, 0.15) is 10.4 Å². The SMILES string of the molecule is CN(C)c1ncc(NC(=O)c2ccncc2F)c(N(C)C)n1. The van der Waals surface area contributed by atoms with E-state index in [0.717, 1.165) is 6.20 Å². The van der Waals surface area contributed by atoms with Gasteiger partial charge >= 0.3 is 0 Å². The Hall–Kier alpha value is -2.77. The molecule has 2 rings (SSSR count). The number of halogens is 1. The molecule has 0 aliphatic rings. The van der Waals surface area contributed by atoms with Gasteiger partial charge in [0, 0.05) is 34.4 Å². The number of hydrogen-bond donors (Lipinski definition) is 1. The maximum atomic E-state index is 13.6. The van der Waals surface area contributed by atoms with Crippen LogP contribution in [0.15, 0.2) is 24.7 Å². The predicted molar refractivity (Wildman–Crippen MR) is 82.8 cm³/mol. The van der Waals surface area contributed by atoms with Gasteiger partial charge in [0.25, 0.3) is 5.91 Å². The maximum absolute atomic E-state index is 13.6. The number of amides is 1. The van der Waals surface area contributed by atoms with E-state index >= 15 is 0 Å². The molecule has 116 valence electrons. The fraction of sp³-hybridized carbons (Fsp3) is 0.286. The van der Waals surface area contributed by atoms with Crippen LogP contribution in [-0.4, -0.2) is 49.0 Å². The third-order valence-electron chi connectivity index (χ3n) is 2.84. The van der Waals surface area contributed by atoms with Crippen molar-refractivity contribution in [2.24, 2.45) is 0 Å². The van der Waals surface area contributed by atoms with Crippen LogP contribution in [0.25, 0.3) is 0 Å². The predicted octanol–water partition coefficient (Wildman–Crippen LogP) is 1.39. The van der Waals surface area contributed by atoms with Crippen molar-refractivity contribution in [3.05, 3.63) is 36.0 Å². The molecule has 2 aromatic heterocycles. The number of nitrogens with one attached hydrogen (secondary N) is 1. The number of nitrogens with zero attached hydrogens (tertiary/aromatic N) is 5. The summed E-state index contributed by atoms with van der Waals surface area (Å²) in [5.74, 6) is -0.222. The lowest BCUT2D eigenvalue weighted by Gasteiger charge is -2.19. The smallest absolute Gasteiger partial charge is 0.258 e. The Kier molecular flexibility index (Phi) is 4.50. The van der Waals surface area contributed by atoms with E-state index < -0.39 is 11.7 Å². The van der Waals surface area contributed by atoms with Crippen molar-refractivity contribution in [1.82, 2.24) is 15.0 Å². The van der Waals surface area contributed by atoms with E-state index in [1.165, 1.54) is 18.5 Å². The van der Waals surface area contributed by atoms with Gasteiger partial charge < -0.3 is 15.1 Å². The molecule has 0 fully saturated rings. The number of carbonyl (C=O) groups excluding carboxylic acids is 1. The molecule has 0 spiro atoms. The van der Waals surface area contributed by atoms with Gasteiger partial charge in [0.15, 0.2) is 11.6 Å². The quantitative estimate of drug-likeness (QED) is 0.920. The fourth-order valence-corrected chi connectivity index (χ4v) is 1.76. The number of rotatable bonds is 4. The second kappa shape index (κ2) is 6.33. The third kappa shape index (κ3) is 3.27. The number of hydrogen-bond acceptors (Lipinski definition) is 6. The molecule has 0 radical (unpaired) electrons. The van der Waals surface area contributed by atoms with Gasteiger partial charge in [0.2, 0.25) is 5.95 Å². The first-order chi connectivity index (χ1) is 10.4. The van der Waals surface area contributed by atoms with Gasteiger partial charge in [-0.2, -0.15) is 4.98 Å². The lowest BCUT2D eigenvalue weighted by atomic mass is 10.2. The minimum atomic E-state index is -0.683. The Labute approximate surface area is 127 Å². The summed E-state index contributed by atoms with van der Waals surface area (Å²) in [5, 5.41) is 2.62. The fourth-order valence-electron chi connectivity index (χ4n) is 1.76. The molecule has 0 bridgehead atoms. The molecular formula is C14H17FN6O. The molecule has 0 atom stereocenters. The third-order valence-corrected chi connectivity index (χ3v) is 2.84. The highest BCUT2D eigenvalue weighted by Crippen LogP contribution is 2.23. The van der Waals surface area contributed by atoms with Crippen LogP contribution in [0.4, 0.5) is 21.8 Å². The second-order valence-electron chi connectivity index (χ2n) is 5.01. The number of carbonyl (C=O) groups is 1. The summed E-state index contributed by atoms with van der Waals surface area (Å²) in [7, 11) is 7.23. The van der Waals surface area contributed by atoms with Crippen molar-refractivity contribution < 1.29 is 9.18 Å². The average molecular weight is 304 g/mol. The molecule has 0 aliphatic carbocycles. The molecule has 0 unspecified atom stereocenters. The highest BCUT2D eigenvalue weighted by molar-refractivity contribution is 6.05. The molecule has 2 heterocycles. The second-order valence-corrected chi connectivity index (χ2v) is 5.01. The maximum Gasteiger partial charge on any atom is 0.258 e. The average Bonchev–Trinajstić information content (AvgIpc) is 2.47. The summed E-state index contributed by atoms with van der Waals surface area (Å²) in [6, 6.07) is 1.31. The van der Waals surface area contributed by atoms with Crippen LogP contribution in [0.2, 0.25) is 0 Å². The van der Waals surface area contributed by atoms with E-state index in [-0.39, 0.29) is 5.56 Å². The monoisotopic (exact) mass is 304 g/mol. The zero-order valence-corrected chi connectivity index (χ0v) is 12.8. The van der Waals surface area contributed by atoms with Crippen LogP contribution in [-0.2, 0) is 0 Å². The largest absolute Gasteiger partial charge is 0.361 e. The molecule has 0 saturated carbocycles. The highest BCUT2D eigenvalue weighted by atomic mass is 19.1. The van der Waals surface area contributed by atoms with Crippen LogP contribution >= 0.6 is 0 Å². The summed E-state index contributed by atoms with van der Waals surface area (Å²) >= 11 is 0. The molecule has 22 heavy (non-hydrogen) atoms. The first-order valence-electron chi connectivity index (χ1n) is 6.52. The van der Waals surface area contributed by atoms with Crippen molar-refractivity contribution in [2.75, 3.05) is 43.3 Å². The summed E-state index contributed by atoms with van der Waals surface area (Å²) in [5.41, 5.74) is 0.313. The zero-order chi connectivity index (χ0) is 16.3. The molecule has 8 heteroatoms. The Morgan fingerprint density at radius 1 is 1.18 bits per heavy atom. The standard InChI is InChI=1S/C14H17FN6O/c1-20(2)12-11(8-17-14(19-12)21(3)4)18-13(22)9-5-6-16-7-10(9)15/h5-8H,1-4H3,(H,18,22). The van der Waals surface area contributed by atoms with Gasteiger partial charge in [0.1, 0.15) is 5.69 Å². The van der Waals surface area contributed by atoms with Crippen LogP contribution < -0.4 is 15.1 Å². The molecule has 1 N–H and O–H groups in total. The van der Waals surface area contributed by atoms with E-state index in [4.69, 9.17) is 0 Å². The molecule has 0 aliphatic heterocycles.